The van der Waals surface area contributed by atoms with Gasteiger partial charge in [0.25, 0.3) is 0 Å². The third-order valence-electron chi connectivity index (χ3n) is 8.14. The maximum atomic E-state index is 2.47. The van der Waals surface area contributed by atoms with E-state index in [4.69, 9.17) is 0 Å². The van der Waals surface area contributed by atoms with E-state index in [-0.39, 0.29) is 0 Å². The lowest BCUT2D eigenvalue weighted by Gasteiger charge is -2.50. The molecular formula is C36H24N3P. The summed E-state index contributed by atoms with van der Waals surface area (Å²) in [7, 11) is -0.780. The molecule has 0 bridgehead atoms. The molecule has 3 aliphatic heterocycles. The minimum atomic E-state index is -0.780. The van der Waals surface area contributed by atoms with E-state index >= 15 is 0 Å². The van der Waals surface area contributed by atoms with Crippen LogP contribution in [0.2, 0.25) is 0 Å². The Morgan fingerprint density at radius 2 is 0.525 bits per heavy atom. The highest BCUT2D eigenvalue weighted by Gasteiger charge is 2.46. The van der Waals surface area contributed by atoms with Crippen LogP contribution in [0.1, 0.15) is 0 Å². The van der Waals surface area contributed by atoms with Gasteiger partial charge in [0.05, 0.1) is 34.1 Å². The molecule has 6 aromatic rings. The van der Waals surface area contributed by atoms with Gasteiger partial charge in [-0.1, -0.05) is 72.8 Å². The van der Waals surface area contributed by atoms with Gasteiger partial charge in [0.1, 0.15) is 0 Å². The molecule has 3 nitrogen and oxygen atoms in total. The van der Waals surface area contributed by atoms with Gasteiger partial charge in [-0.25, -0.2) is 0 Å². The van der Waals surface area contributed by atoms with Crippen molar-refractivity contribution >= 4 is 75.0 Å². The van der Waals surface area contributed by atoms with Crippen molar-refractivity contribution < 1.29 is 0 Å². The van der Waals surface area contributed by atoms with Gasteiger partial charge in [-0.3, -0.25) is 0 Å². The molecule has 0 atom stereocenters. The standard InChI is InChI=1S/C36H24N3P/c1-4-13-25(14-5-1)37-28-19-10-21-30-34(28)40-35-29(37)20-11-22-31(35)39(27-17-8-3-9-18-27)33-24-12-23-32(36(33)40)38(30)26-15-6-2-7-16-26/h1-24H. The summed E-state index contributed by atoms with van der Waals surface area (Å²) in [5, 5.41) is 4.29. The molecule has 0 fully saturated rings. The second-order valence-electron chi connectivity index (χ2n) is 10.3. The van der Waals surface area contributed by atoms with Crippen molar-refractivity contribution in [2.45, 2.75) is 0 Å². The van der Waals surface area contributed by atoms with Crippen LogP contribution in [0, 0.1) is 0 Å². The Hall–Kier alpha value is -4.85. The van der Waals surface area contributed by atoms with Crippen LogP contribution < -0.4 is 30.6 Å². The number of hydrogen-bond acceptors (Lipinski definition) is 3. The molecule has 0 N–H and O–H groups in total. The number of anilines is 9. The second kappa shape index (κ2) is 8.32. The lowest BCUT2D eigenvalue weighted by molar-refractivity contribution is 1.23. The van der Waals surface area contributed by atoms with Crippen LogP contribution in [0.4, 0.5) is 51.2 Å². The van der Waals surface area contributed by atoms with E-state index in [1.165, 1.54) is 67.1 Å². The molecular weight excluding hydrogens is 505 g/mol. The van der Waals surface area contributed by atoms with Gasteiger partial charge in [0, 0.05) is 40.9 Å². The predicted octanol–water partition coefficient (Wildman–Crippen LogP) is 8.79. The van der Waals surface area contributed by atoms with Crippen molar-refractivity contribution in [3.05, 3.63) is 146 Å². The first-order valence-electron chi connectivity index (χ1n) is 13.6. The van der Waals surface area contributed by atoms with E-state index in [1.54, 1.807) is 0 Å². The quantitative estimate of drug-likeness (QED) is 0.212. The first-order valence-corrected chi connectivity index (χ1v) is 15.0. The number of nitrogens with zero attached hydrogens (tertiary/aromatic N) is 3. The van der Waals surface area contributed by atoms with Gasteiger partial charge in [-0.05, 0) is 72.8 Å². The number of hydrogen-bond donors (Lipinski definition) is 0. The predicted molar refractivity (Wildman–Crippen MR) is 170 cm³/mol. The maximum absolute atomic E-state index is 2.47. The van der Waals surface area contributed by atoms with Crippen LogP contribution >= 0.6 is 7.92 Å². The van der Waals surface area contributed by atoms with Crippen LogP contribution in [-0.2, 0) is 0 Å². The zero-order valence-electron chi connectivity index (χ0n) is 21.6. The first kappa shape index (κ1) is 22.0. The van der Waals surface area contributed by atoms with Crippen molar-refractivity contribution in [2.24, 2.45) is 0 Å². The summed E-state index contributed by atoms with van der Waals surface area (Å²) < 4.78 is 0. The maximum Gasteiger partial charge on any atom is 0.0566 e. The Labute approximate surface area is 234 Å². The average Bonchev–Trinajstić information content (AvgIpc) is 3.03. The molecule has 40 heavy (non-hydrogen) atoms. The summed E-state index contributed by atoms with van der Waals surface area (Å²) in [6, 6.07) is 53.0. The zero-order chi connectivity index (χ0) is 26.2. The van der Waals surface area contributed by atoms with Gasteiger partial charge < -0.3 is 14.7 Å². The number of para-hydroxylation sites is 3. The second-order valence-corrected chi connectivity index (χ2v) is 12.3. The molecule has 0 spiro atoms. The van der Waals surface area contributed by atoms with E-state index in [0.29, 0.717) is 0 Å². The van der Waals surface area contributed by atoms with Crippen LogP contribution in [0.3, 0.4) is 0 Å². The molecule has 0 aromatic heterocycles. The Morgan fingerprint density at radius 3 is 0.775 bits per heavy atom. The van der Waals surface area contributed by atoms with E-state index in [1.807, 2.05) is 0 Å². The SMILES string of the molecule is c1ccc(N2c3cccc4c3P3c5c2cccc5N(c2ccccc2)c2cccc(c23)N4c2ccccc2)cc1. The summed E-state index contributed by atoms with van der Waals surface area (Å²) in [5.74, 6) is 0. The van der Waals surface area contributed by atoms with Crippen molar-refractivity contribution in [3.63, 3.8) is 0 Å². The van der Waals surface area contributed by atoms with E-state index in [9.17, 15) is 0 Å². The molecule has 0 amide bonds. The van der Waals surface area contributed by atoms with Crippen LogP contribution in [0.5, 0.6) is 0 Å². The normalized spacial score (nSPS) is 14.2. The summed E-state index contributed by atoms with van der Waals surface area (Å²) in [6.45, 7) is 0. The number of benzene rings is 6. The monoisotopic (exact) mass is 529 g/mol. The highest BCUT2D eigenvalue weighted by molar-refractivity contribution is 7.82. The van der Waals surface area contributed by atoms with Crippen LogP contribution in [-0.4, -0.2) is 0 Å². The van der Waals surface area contributed by atoms with Crippen molar-refractivity contribution in [1.82, 2.24) is 0 Å². The molecule has 188 valence electrons. The molecule has 0 saturated carbocycles. The fourth-order valence-corrected chi connectivity index (χ4v) is 9.71. The fourth-order valence-electron chi connectivity index (χ4n) is 6.62. The summed E-state index contributed by atoms with van der Waals surface area (Å²) in [4.78, 5) is 7.42. The molecule has 0 aliphatic carbocycles. The zero-order valence-corrected chi connectivity index (χ0v) is 22.5. The Bertz CT molecular complexity index is 1630. The van der Waals surface area contributed by atoms with Crippen molar-refractivity contribution in [1.29, 1.82) is 0 Å². The highest BCUT2D eigenvalue weighted by Crippen LogP contribution is 2.62. The third kappa shape index (κ3) is 2.88. The first-order chi connectivity index (χ1) is 19.9. The van der Waals surface area contributed by atoms with E-state index in [2.05, 4.69) is 160 Å². The minimum absolute atomic E-state index is 0.780. The molecule has 3 heterocycles. The molecule has 6 aromatic carbocycles. The largest absolute Gasteiger partial charge is 0.309 e. The lowest BCUT2D eigenvalue weighted by atomic mass is 10.1. The van der Waals surface area contributed by atoms with Gasteiger partial charge >= 0.3 is 0 Å². The molecule has 0 saturated heterocycles. The molecule has 3 aliphatic rings. The van der Waals surface area contributed by atoms with Crippen LogP contribution in [0.25, 0.3) is 0 Å². The van der Waals surface area contributed by atoms with Gasteiger partial charge in [-0.15, -0.1) is 0 Å². The lowest BCUT2D eigenvalue weighted by Crippen LogP contribution is -2.45. The molecule has 9 rings (SSSR count). The van der Waals surface area contributed by atoms with Gasteiger partial charge in [0.2, 0.25) is 0 Å². The molecule has 4 heteroatoms. The van der Waals surface area contributed by atoms with Crippen molar-refractivity contribution in [3.8, 4) is 0 Å². The number of rotatable bonds is 3. The fraction of sp³-hybridized carbons (Fsp3) is 0. The topological polar surface area (TPSA) is 9.72 Å². The Morgan fingerprint density at radius 1 is 0.275 bits per heavy atom. The van der Waals surface area contributed by atoms with E-state index in [0.717, 1.165) is 0 Å². The smallest absolute Gasteiger partial charge is 0.0566 e. The molecule has 0 unspecified atom stereocenters. The Kier molecular flexibility index (Phi) is 4.58. The Balaban J connectivity index is 1.44. The third-order valence-corrected chi connectivity index (χ3v) is 10.9. The summed E-state index contributed by atoms with van der Waals surface area (Å²) in [6.07, 6.45) is 0. The summed E-state index contributed by atoms with van der Waals surface area (Å²) in [5.41, 5.74) is 11.2. The summed E-state index contributed by atoms with van der Waals surface area (Å²) >= 11 is 0. The van der Waals surface area contributed by atoms with Crippen molar-refractivity contribution in [2.75, 3.05) is 14.7 Å². The molecule has 0 radical (unpaired) electrons. The minimum Gasteiger partial charge on any atom is -0.309 e. The van der Waals surface area contributed by atoms with E-state index < -0.39 is 7.92 Å². The van der Waals surface area contributed by atoms with Gasteiger partial charge in [0.15, 0.2) is 0 Å². The van der Waals surface area contributed by atoms with Crippen LogP contribution in [0.15, 0.2) is 146 Å². The highest BCUT2D eigenvalue weighted by atomic mass is 31.1. The van der Waals surface area contributed by atoms with Gasteiger partial charge in [-0.2, -0.15) is 0 Å². The average molecular weight is 530 g/mol.